The molecule has 0 aliphatic carbocycles. The minimum atomic E-state index is -0.238. The number of nitrogens with zero attached hydrogens (tertiary/aromatic N) is 1. The molecule has 1 fully saturated rings. The van der Waals surface area contributed by atoms with Gasteiger partial charge in [0, 0.05) is 42.0 Å². The standard InChI is InChI=1S/C23H27N3O2/c1-15-5-6-16(2)22-21(15)12-17(23(28)25-22)13-24-18-7-9-19(10-8-18)26-11-3-4-20(27)14-26/h5-10,12,20,24,27H,3-4,11,13-14H2,1-2H3,(H,25,28)/t20-/m1/s1. The lowest BCUT2D eigenvalue weighted by molar-refractivity contribution is 0.154. The summed E-state index contributed by atoms with van der Waals surface area (Å²) in [6.45, 7) is 6.22. The van der Waals surface area contributed by atoms with E-state index in [4.69, 9.17) is 0 Å². The lowest BCUT2D eigenvalue weighted by Crippen LogP contribution is -2.38. The van der Waals surface area contributed by atoms with Crippen molar-refractivity contribution in [3.8, 4) is 0 Å². The van der Waals surface area contributed by atoms with Gasteiger partial charge in [0.05, 0.1) is 11.6 Å². The smallest absolute Gasteiger partial charge is 0.253 e. The first-order valence-corrected chi connectivity index (χ1v) is 9.90. The third-order valence-corrected chi connectivity index (χ3v) is 5.63. The van der Waals surface area contributed by atoms with Crippen molar-refractivity contribution in [1.82, 2.24) is 4.98 Å². The quantitative estimate of drug-likeness (QED) is 0.648. The van der Waals surface area contributed by atoms with Crippen LogP contribution in [0.1, 0.15) is 29.5 Å². The summed E-state index contributed by atoms with van der Waals surface area (Å²) in [7, 11) is 0. The SMILES string of the molecule is Cc1ccc(C)c2[nH]c(=O)c(CNc3ccc(N4CCC[C@@H](O)C4)cc3)cc12. The third-order valence-electron chi connectivity index (χ3n) is 5.63. The Morgan fingerprint density at radius 1 is 1.14 bits per heavy atom. The summed E-state index contributed by atoms with van der Waals surface area (Å²) >= 11 is 0. The number of H-pyrrole nitrogens is 1. The van der Waals surface area contributed by atoms with Gasteiger partial charge < -0.3 is 20.3 Å². The van der Waals surface area contributed by atoms with Gasteiger partial charge in [-0.05, 0) is 68.1 Å². The van der Waals surface area contributed by atoms with Gasteiger partial charge in [-0.1, -0.05) is 12.1 Å². The van der Waals surface area contributed by atoms with Crippen LogP contribution >= 0.6 is 0 Å². The zero-order valence-electron chi connectivity index (χ0n) is 16.5. The number of rotatable bonds is 4. The van der Waals surface area contributed by atoms with Crippen LogP contribution in [-0.4, -0.2) is 29.3 Å². The molecule has 3 aromatic rings. The maximum Gasteiger partial charge on any atom is 0.253 e. The first kappa shape index (κ1) is 18.6. The number of hydrogen-bond acceptors (Lipinski definition) is 4. The molecule has 0 amide bonds. The van der Waals surface area contributed by atoms with Crippen molar-refractivity contribution >= 4 is 22.3 Å². The van der Waals surface area contributed by atoms with Crippen molar-refractivity contribution in [3.63, 3.8) is 0 Å². The average molecular weight is 377 g/mol. The molecule has 1 aromatic heterocycles. The van der Waals surface area contributed by atoms with Crippen LogP contribution in [0.15, 0.2) is 47.3 Å². The Morgan fingerprint density at radius 2 is 1.89 bits per heavy atom. The van der Waals surface area contributed by atoms with E-state index in [1.807, 2.05) is 31.2 Å². The maximum absolute atomic E-state index is 12.5. The van der Waals surface area contributed by atoms with E-state index in [1.165, 1.54) is 0 Å². The summed E-state index contributed by atoms with van der Waals surface area (Å²) < 4.78 is 0. The van der Waals surface area contributed by atoms with Gasteiger partial charge >= 0.3 is 0 Å². The molecule has 146 valence electrons. The van der Waals surface area contributed by atoms with Crippen molar-refractivity contribution in [1.29, 1.82) is 0 Å². The highest BCUT2D eigenvalue weighted by Crippen LogP contribution is 2.23. The van der Waals surface area contributed by atoms with Crippen LogP contribution in [-0.2, 0) is 6.54 Å². The molecule has 1 aliphatic heterocycles. The lowest BCUT2D eigenvalue weighted by Gasteiger charge is -2.32. The summed E-state index contributed by atoms with van der Waals surface area (Å²) in [6, 6.07) is 14.3. The molecule has 2 heterocycles. The molecular formula is C23H27N3O2. The molecule has 3 N–H and O–H groups in total. The van der Waals surface area contributed by atoms with E-state index in [-0.39, 0.29) is 11.7 Å². The van der Waals surface area contributed by atoms with Crippen LogP contribution in [0.25, 0.3) is 10.9 Å². The summed E-state index contributed by atoms with van der Waals surface area (Å²) in [5.41, 5.74) is 5.93. The fourth-order valence-corrected chi connectivity index (χ4v) is 3.93. The molecule has 5 heteroatoms. The number of nitrogens with one attached hydrogen (secondary N) is 2. The van der Waals surface area contributed by atoms with E-state index in [0.29, 0.717) is 13.1 Å². The van der Waals surface area contributed by atoms with E-state index >= 15 is 0 Å². The highest BCUT2D eigenvalue weighted by Gasteiger charge is 2.17. The molecule has 1 atom stereocenters. The fourth-order valence-electron chi connectivity index (χ4n) is 3.93. The van der Waals surface area contributed by atoms with Gasteiger partial charge in [0.2, 0.25) is 0 Å². The van der Waals surface area contributed by atoms with Crippen LogP contribution < -0.4 is 15.8 Å². The normalized spacial score (nSPS) is 17.1. The molecule has 0 unspecified atom stereocenters. The minimum Gasteiger partial charge on any atom is -0.391 e. The number of benzene rings is 2. The van der Waals surface area contributed by atoms with Gasteiger partial charge in [-0.15, -0.1) is 0 Å². The van der Waals surface area contributed by atoms with E-state index in [0.717, 1.165) is 58.4 Å². The second kappa shape index (κ2) is 7.68. The number of aryl methyl sites for hydroxylation is 2. The molecule has 0 radical (unpaired) electrons. The number of anilines is 2. The Balaban J connectivity index is 1.49. The first-order chi connectivity index (χ1) is 13.5. The summed E-state index contributed by atoms with van der Waals surface area (Å²) in [5.74, 6) is 0. The summed E-state index contributed by atoms with van der Waals surface area (Å²) in [6.07, 6.45) is 1.67. The van der Waals surface area contributed by atoms with E-state index < -0.39 is 0 Å². The molecular weight excluding hydrogens is 350 g/mol. The van der Waals surface area contributed by atoms with Crippen LogP contribution in [0, 0.1) is 13.8 Å². The van der Waals surface area contributed by atoms with Gasteiger partial charge in [0.25, 0.3) is 5.56 Å². The average Bonchev–Trinajstić information content (AvgIpc) is 2.70. The van der Waals surface area contributed by atoms with Crippen LogP contribution in [0.5, 0.6) is 0 Å². The van der Waals surface area contributed by atoms with Crippen LogP contribution in [0.4, 0.5) is 11.4 Å². The van der Waals surface area contributed by atoms with Gasteiger partial charge in [0.1, 0.15) is 0 Å². The molecule has 1 saturated heterocycles. The third kappa shape index (κ3) is 3.76. The number of aliphatic hydroxyl groups excluding tert-OH is 1. The summed E-state index contributed by atoms with van der Waals surface area (Å²) in [5, 5.41) is 14.3. The molecule has 4 rings (SSSR count). The highest BCUT2D eigenvalue weighted by atomic mass is 16.3. The number of piperidine rings is 1. The zero-order chi connectivity index (χ0) is 19.7. The van der Waals surface area contributed by atoms with E-state index in [1.54, 1.807) is 0 Å². The first-order valence-electron chi connectivity index (χ1n) is 9.90. The van der Waals surface area contributed by atoms with Crippen molar-refractivity contribution < 1.29 is 5.11 Å². The highest BCUT2D eigenvalue weighted by molar-refractivity contribution is 5.85. The molecule has 28 heavy (non-hydrogen) atoms. The monoisotopic (exact) mass is 377 g/mol. The molecule has 1 aliphatic rings. The predicted molar refractivity (Wildman–Crippen MR) is 115 cm³/mol. The largest absolute Gasteiger partial charge is 0.391 e. The predicted octanol–water partition coefficient (Wildman–Crippen LogP) is 3.72. The molecule has 2 aromatic carbocycles. The fraction of sp³-hybridized carbons (Fsp3) is 0.348. The number of fused-ring (bicyclic) bond motifs is 1. The number of β-amino-alcohol motifs (C(OH)–C–C–N with tert-alkyl or cyclic N) is 1. The Labute approximate surface area is 165 Å². The Morgan fingerprint density at radius 3 is 2.64 bits per heavy atom. The number of aromatic nitrogens is 1. The topological polar surface area (TPSA) is 68.4 Å². The number of aromatic amines is 1. The Hall–Kier alpha value is -2.79. The van der Waals surface area contributed by atoms with Crippen LogP contribution in [0.3, 0.4) is 0 Å². The number of hydrogen-bond donors (Lipinski definition) is 3. The van der Waals surface area contributed by atoms with Crippen molar-refractivity contribution in [2.24, 2.45) is 0 Å². The van der Waals surface area contributed by atoms with Crippen molar-refractivity contribution in [2.75, 3.05) is 23.3 Å². The molecule has 0 bridgehead atoms. The Bertz CT molecular complexity index is 1040. The molecule has 0 saturated carbocycles. The number of aliphatic hydroxyl groups is 1. The number of pyridine rings is 1. The van der Waals surface area contributed by atoms with Gasteiger partial charge in [-0.25, -0.2) is 0 Å². The molecule has 0 spiro atoms. The van der Waals surface area contributed by atoms with Crippen molar-refractivity contribution in [3.05, 3.63) is 69.5 Å². The van der Waals surface area contributed by atoms with Crippen LogP contribution in [0.2, 0.25) is 0 Å². The lowest BCUT2D eigenvalue weighted by atomic mass is 10.0. The van der Waals surface area contributed by atoms with Gasteiger partial charge in [0.15, 0.2) is 0 Å². The van der Waals surface area contributed by atoms with E-state index in [2.05, 4.69) is 40.3 Å². The second-order valence-electron chi connectivity index (χ2n) is 7.75. The zero-order valence-corrected chi connectivity index (χ0v) is 16.5. The minimum absolute atomic E-state index is 0.0485. The maximum atomic E-state index is 12.5. The van der Waals surface area contributed by atoms with E-state index in [9.17, 15) is 9.90 Å². The second-order valence-corrected chi connectivity index (χ2v) is 7.75. The summed E-state index contributed by atoms with van der Waals surface area (Å²) in [4.78, 5) is 17.7. The Kier molecular flexibility index (Phi) is 5.09. The van der Waals surface area contributed by atoms with Gasteiger partial charge in [-0.2, -0.15) is 0 Å². The van der Waals surface area contributed by atoms with Gasteiger partial charge in [-0.3, -0.25) is 4.79 Å². The molecule has 5 nitrogen and oxygen atoms in total. The van der Waals surface area contributed by atoms with Crippen molar-refractivity contribution in [2.45, 2.75) is 39.3 Å².